The van der Waals surface area contributed by atoms with Crippen LogP contribution in [-0.4, -0.2) is 53.4 Å². The minimum absolute atomic E-state index is 0.0554. The molecular weight excluding hydrogens is 525 g/mol. The van der Waals surface area contributed by atoms with Crippen molar-refractivity contribution < 1.29 is 18.0 Å². The van der Waals surface area contributed by atoms with Crippen molar-refractivity contribution in [3.8, 4) is 0 Å². The molecule has 0 bridgehead atoms. The number of carbonyl (C=O) groups excluding carboxylic acids is 1. The predicted molar refractivity (Wildman–Crippen MR) is 159 cm³/mol. The van der Waals surface area contributed by atoms with Gasteiger partial charge in [-0.3, -0.25) is 9.78 Å². The highest BCUT2D eigenvalue weighted by Gasteiger charge is 2.30. The molecule has 41 heavy (non-hydrogen) atoms. The zero-order valence-corrected chi connectivity index (χ0v) is 24.0. The summed E-state index contributed by atoms with van der Waals surface area (Å²) in [7, 11) is 2.00. The molecule has 1 aliphatic heterocycles. The first-order valence-corrected chi connectivity index (χ1v) is 14.2. The van der Waals surface area contributed by atoms with Gasteiger partial charge in [-0.1, -0.05) is 38.1 Å². The number of likely N-dealkylation sites (tertiary alicyclic amines) is 1. The summed E-state index contributed by atoms with van der Waals surface area (Å²) in [5, 5.41) is 0. The van der Waals surface area contributed by atoms with Gasteiger partial charge in [-0.2, -0.15) is 13.2 Å². The summed E-state index contributed by atoms with van der Waals surface area (Å²) < 4.78 is 38.9. The standard InChI is InChI=1S/C33H39F3N4O/c1-25(2)18-22-39-21-4-5-31(24-39)40(32(41)15-10-26-6-11-28(12-7-26)33(34,35)36)23-27-8-13-29(14-9-27)38(3)30-16-19-37-20-17-30/h6-17,19-20,25,31H,4-5,18,21-24H2,1-3H3/t31-/m1/s1. The molecule has 0 spiro atoms. The van der Waals surface area contributed by atoms with Crippen LogP contribution in [0.25, 0.3) is 6.08 Å². The number of piperidine rings is 1. The number of pyridine rings is 1. The monoisotopic (exact) mass is 564 g/mol. The van der Waals surface area contributed by atoms with Crippen LogP contribution in [0.2, 0.25) is 0 Å². The van der Waals surface area contributed by atoms with Crippen LogP contribution in [-0.2, 0) is 17.5 Å². The molecule has 0 radical (unpaired) electrons. The van der Waals surface area contributed by atoms with Crippen LogP contribution in [0.1, 0.15) is 49.8 Å². The number of nitrogens with zero attached hydrogens (tertiary/aromatic N) is 4. The summed E-state index contributed by atoms with van der Waals surface area (Å²) in [5.74, 6) is 0.474. The van der Waals surface area contributed by atoms with Gasteiger partial charge in [0.05, 0.1) is 5.56 Å². The van der Waals surface area contributed by atoms with Crippen LogP contribution in [0.3, 0.4) is 0 Å². The smallest absolute Gasteiger partial charge is 0.345 e. The number of alkyl halides is 3. The summed E-state index contributed by atoms with van der Waals surface area (Å²) in [5.41, 5.74) is 2.92. The largest absolute Gasteiger partial charge is 0.416 e. The number of aromatic nitrogens is 1. The Morgan fingerprint density at radius 3 is 2.32 bits per heavy atom. The van der Waals surface area contributed by atoms with E-state index >= 15 is 0 Å². The SMILES string of the molecule is CC(C)CCN1CCC[C@@H](N(Cc2ccc(N(C)c3ccncc3)cc2)C(=O)C=Cc2ccc(C(F)(F)F)cc2)C1. The molecule has 4 rings (SSSR count). The molecule has 1 atom stereocenters. The summed E-state index contributed by atoms with van der Waals surface area (Å²) in [4.78, 5) is 24.1. The Kier molecular flexibility index (Phi) is 10.2. The minimum Gasteiger partial charge on any atom is -0.345 e. The zero-order valence-electron chi connectivity index (χ0n) is 24.0. The van der Waals surface area contributed by atoms with Gasteiger partial charge in [-0.25, -0.2) is 0 Å². The van der Waals surface area contributed by atoms with Gasteiger partial charge < -0.3 is 14.7 Å². The molecule has 0 N–H and O–H groups in total. The first-order valence-electron chi connectivity index (χ1n) is 14.2. The average molecular weight is 565 g/mol. The van der Waals surface area contributed by atoms with E-state index < -0.39 is 11.7 Å². The fourth-order valence-electron chi connectivity index (χ4n) is 5.10. The molecule has 1 amide bonds. The lowest BCUT2D eigenvalue weighted by molar-refractivity contribution is -0.137. The highest BCUT2D eigenvalue weighted by atomic mass is 19.4. The van der Waals surface area contributed by atoms with Gasteiger partial charge in [0.1, 0.15) is 0 Å². The second kappa shape index (κ2) is 13.8. The van der Waals surface area contributed by atoms with E-state index in [9.17, 15) is 18.0 Å². The summed E-state index contributed by atoms with van der Waals surface area (Å²) in [6, 6.07) is 17.0. The van der Waals surface area contributed by atoms with Crippen molar-refractivity contribution in [3.05, 3.63) is 95.8 Å². The quantitative estimate of drug-likeness (QED) is 0.240. The second-order valence-electron chi connectivity index (χ2n) is 11.1. The van der Waals surface area contributed by atoms with Crippen LogP contribution in [0.5, 0.6) is 0 Å². The Balaban J connectivity index is 1.51. The molecule has 218 valence electrons. The molecule has 0 aliphatic carbocycles. The van der Waals surface area contributed by atoms with E-state index in [1.165, 1.54) is 18.2 Å². The van der Waals surface area contributed by atoms with Crippen molar-refractivity contribution in [2.75, 3.05) is 31.6 Å². The molecule has 5 nitrogen and oxygen atoms in total. The molecule has 1 saturated heterocycles. The second-order valence-corrected chi connectivity index (χ2v) is 11.1. The van der Waals surface area contributed by atoms with Crippen molar-refractivity contribution in [3.63, 3.8) is 0 Å². The molecule has 0 saturated carbocycles. The molecule has 3 aromatic rings. The maximum atomic E-state index is 13.6. The Labute approximate surface area is 241 Å². The Bertz CT molecular complexity index is 1270. The van der Waals surface area contributed by atoms with E-state index in [0.29, 0.717) is 18.0 Å². The lowest BCUT2D eigenvalue weighted by Gasteiger charge is -2.39. The molecule has 1 aliphatic rings. The third-order valence-corrected chi connectivity index (χ3v) is 7.61. The van der Waals surface area contributed by atoms with Crippen molar-refractivity contribution in [2.24, 2.45) is 5.92 Å². The van der Waals surface area contributed by atoms with Crippen LogP contribution in [0.4, 0.5) is 24.5 Å². The third kappa shape index (κ3) is 8.67. The minimum atomic E-state index is -4.39. The van der Waals surface area contributed by atoms with Crippen molar-refractivity contribution in [1.29, 1.82) is 0 Å². The highest BCUT2D eigenvalue weighted by molar-refractivity contribution is 5.92. The number of benzene rings is 2. The van der Waals surface area contributed by atoms with Crippen LogP contribution < -0.4 is 4.90 Å². The van der Waals surface area contributed by atoms with E-state index in [-0.39, 0.29) is 11.9 Å². The maximum Gasteiger partial charge on any atom is 0.416 e. The van der Waals surface area contributed by atoms with E-state index in [1.54, 1.807) is 18.5 Å². The van der Waals surface area contributed by atoms with Gasteiger partial charge in [0.15, 0.2) is 0 Å². The van der Waals surface area contributed by atoms with Gasteiger partial charge in [-0.15, -0.1) is 0 Å². The number of halogens is 3. The van der Waals surface area contributed by atoms with E-state index in [1.807, 2.05) is 48.3 Å². The summed E-state index contributed by atoms with van der Waals surface area (Å²) in [6.45, 7) is 7.75. The van der Waals surface area contributed by atoms with Crippen molar-refractivity contribution >= 4 is 23.4 Å². The lowest BCUT2D eigenvalue weighted by Crippen LogP contribution is -2.49. The first-order chi connectivity index (χ1) is 19.6. The fraction of sp³-hybridized carbons (Fsp3) is 0.394. The summed E-state index contributed by atoms with van der Waals surface area (Å²) in [6.07, 6.45) is 5.27. The Morgan fingerprint density at radius 2 is 1.68 bits per heavy atom. The van der Waals surface area contributed by atoms with E-state index in [2.05, 4.69) is 28.6 Å². The number of hydrogen-bond donors (Lipinski definition) is 0. The molecule has 1 aromatic heterocycles. The van der Waals surface area contributed by atoms with Crippen LogP contribution >= 0.6 is 0 Å². The number of anilines is 2. The number of rotatable bonds is 10. The maximum absolute atomic E-state index is 13.6. The topological polar surface area (TPSA) is 39.7 Å². The van der Waals surface area contributed by atoms with Crippen LogP contribution in [0.15, 0.2) is 79.1 Å². The lowest BCUT2D eigenvalue weighted by atomic mass is 10.0. The molecular formula is C33H39F3N4O. The van der Waals surface area contributed by atoms with Crippen molar-refractivity contribution in [2.45, 2.75) is 51.9 Å². The van der Waals surface area contributed by atoms with Gasteiger partial charge in [0.25, 0.3) is 0 Å². The number of amides is 1. The van der Waals surface area contributed by atoms with E-state index in [4.69, 9.17) is 0 Å². The number of carbonyl (C=O) groups is 1. The molecule has 0 unspecified atom stereocenters. The first kappa shape index (κ1) is 30.3. The molecule has 8 heteroatoms. The van der Waals surface area contributed by atoms with E-state index in [0.717, 1.165) is 68.0 Å². The highest BCUT2D eigenvalue weighted by Crippen LogP contribution is 2.29. The average Bonchev–Trinajstić information content (AvgIpc) is 2.98. The summed E-state index contributed by atoms with van der Waals surface area (Å²) >= 11 is 0. The molecule has 2 heterocycles. The number of hydrogen-bond acceptors (Lipinski definition) is 4. The third-order valence-electron chi connectivity index (χ3n) is 7.61. The fourth-order valence-corrected chi connectivity index (χ4v) is 5.10. The normalized spacial score (nSPS) is 16.3. The van der Waals surface area contributed by atoms with Gasteiger partial charge in [0, 0.05) is 56.0 Å². The van der Waals surface area contributed by atoms with Gasteiger partial charge >= 0.3 is 6.18 Å². The Morgan fingerprint density at radius 1 is 1.02 bits per heavy atom. The predicted octanol–water partition coefficient (Wildman–Crippen LogP) is 7.42. The van der Waals surface area contributed by atoms with Gasteiger partial charge in [-0.05, 0) is 91.9 Å². The van der Waals surface area contributed by atoms with Gasteiger partial charge in [0.2, 0.25) is 5.91 Å². The van der Waals surface area contributed by atoms with Crippen LogP contribution in [0, 0.1) is 5.92 Å². The molecule has 2 aromatic carbocycles. The zero-order chi connectivity index (χ0) is 29.4. The Hall–Kier alpha value is -3.65. The molecule has 1 fully saturated rings. The van der Waals surface area contributed by atoms with Crippen molar-refractivity contribution in [1.82, 2.24) is 14.8 Å².